The molecule has 0 bridgehead atoms. The molecule has 0 unspecified atom stereocenters. The van der Waals surface area contributed by atoms with E-state index in [0.29, 0.717) is 3.32 Å². The van der Waals surface area contributed by atoms with Gasteiger partial charge in [-0.2, -0.15) is 0 Å². The molecule has 0 amide bonds. The van der Waals surface area contributed by atoms with Crippen LogP contribution in [0.25, 0.3) is 0 Å². The maximum absolute atomic E-state index is 2.79. The second kappa shape index (κ2) is 5.22. The van der Waals surface area contributed by atoms with Crippen molar-refractivity contribution in [3.8, 4) is 0 Å². The summed E-state index contributed by atoms with van der Waals surface area (Å²) in [5.74, 6) is 1.08. The van der Waals surface area contributed by atoms with E-state index in [1.165, 1.54) is 71.5 Å². The van der Waals surface area contributed by atoms with Crippen LogP contribution in [0.5, 0.6) is 0 Å². The van der Waals surface area contributed by atoms with Crippen LogP contribution in [-0.4, -0.2) is 10.6 Å². The highest BCUT2D eigenvalue weighted by atomic mass is 127. The number of rotatable bonds is 2. The highest BCUT2D eigenvalue weighted by molar-refractivity contribution is 14.1. The Bertz CT molecular complexity index is 169. The van der Waals surface area contributed by atoms with Crippen molar-refractivity contribution in [1.82, 2.24) is 0 Å². The van der Waals surface area contributed by atoms with Gasteiger partial charge in [0.2, 0.25) is 0 Å². The van der Waals surface area contributed by atoms with Gasteiger partial charge in [0.15, 0.2) is 0 Å². The van der Waals surface area contributed by atoms with Crippen LogP contribution in [0.3, 0.4) is 0 Å². The van der Waals surface area contributed by atoms with Crippen molar-refractivity contribution in [3.05, 3.63) is 0 Å². The first-order valence-corrected chi connectivity index (χ1v) is 7.55. The molecule has 2 saturated carbocycles. The summed E-state index contributed by atoms with van der Waals surface area (Å²) in [5.41, 5.74) is 0. The average Bonchev–Trinajstić information content (AvgIpc) is 2.19. The third-order valence-corrected chi connectivity index (χ3v) is 5.65. The van der Waals surface area contributed by atoms with Gasteiger partial charge in [-0.1, -0.05) is 79.8 Å². The zero-order valence-electron chi connectivity index (χ0n) is 9.23. The number of halogens is 1. The zero-order valence-corrected chi connectivity index (χ0v) is 11.4. The molecule has 0 atom stereocenters. The molecule has 2 fully saturated rings. The Morgan fingerprint density at radius 2 is 1.43 bits per heavy atom. The Hall–Kier alpha value is 0.795. The lowest BCUT2D eigenvalue weighted by molar-refractivity contribution is 0.466. The van der Waals surface area contributed by atoms with E-state index in [1.54, 1.807) is 0 Å². The lowest BCUT2D eigenvalue weighted by Crippen LogP contribution is -2.34. The maximum Gasteiger partial charge on any atom is 0.144 e. The average molecular weight is 304 g/mol. The van der Waals surface area contributed by atoms with E-state index in [2.05, 4.69) is 22.6 Å². The molecule has 0 nitrogen and oxygen atoms in total. The first-order chi connectivity index (χ1) is 6.79. The minimum Gasteiger partial charge on any atom is -0.0883 e. The molecule has 0 heterocycles. The van der Waals surface area contributed by atoms with Crippen LogP contribution in [0, 0.1) is 0 Å². The first-order valence-electron chi connectivity index (χ1n) is 6.47. The van der Waals surface area contributed by atoms with Crippen LogP contribution >= 0.6 is 22.6 Å². The summed E-state index contributed by atoms with van der Waals surface area (Å²) in [6.45, 7) is 0. The Kier molecular flexibility index (Phi) is 4.21. The second-order valence-corrected chi connectivity index (χ2v) is 7.71. The van der Waals surface area contributed by atoms with Crippen LogP contribution in [0.4, 0.5) is 0 Å². The van der Waals surface area contributed by atoms with Gasteiger partial charge < -0.3 is 0 Å². The van der Waals surface area contributed by atoms with Crippen molar-refractivity contribution < 1.29 is 0 Å². The van der Waals surface area contributed by atoms with E-state index in [0.717, 1.165) is 5.82 Å². The molecule has 0 saturated heterocycles. The lowest BCUT2D eigenvalue weighted by Gasteiger charge is -2.35. The summed E-state index contributed by atoms with van der Waals surface area (Å²) in [6.07, 6.45) is 15.1. The predicted octanol–water partition coefficient (Wildman–Crippen LogP) is 4.27. The lowest BCUT2D eigenvalue weighted by atomic mass is 9.48. The highest BCUT2D eigenvalue weighted by Crippen LogP contribution is 2.40. The van der Waals surface area contributed by atoms with Gasteiger partial charge in [0.05, 0.1) is 0 Å². The quantitative estimate of drug-likeness (QED) is 0.406. The predicted molar refractivity (Wildman–Crippen MR) is 73.8 cm³/mol. The van der Waals surface area contributed by atoms with Gasteiger partial charge in [-0.25, -0.2) is 0 Å². The number of hydrogen-bond donors (Lipinski definition) is 0. The minimum atomic E-state index is 0.706. The zero-order chi connectivity index (χ0) is 9.86. The Morgan fingerprint density at radius 3 is 2.07 bits per heavy atom. The fraction of sp³-hybridized carbons (Fsp3) is 1.00. The molecule has 0 aromatic heterocycles. The summed E-state index contributed by atoms with van der Waals surface area (Å²) in [6, 6.07) is 0. The van der Waals surface area contributed by atoms with Gasteiger partial charge in [0, 0.05) is 0 Å². The molecule has 2 rings (SSSR count). The van der Waals surface area contributed by atoms with Crippen LogP contribution in [0.15, 0.2) is 0 Å². The van der Waals surface area contributed by atoms with Crippen LogP contribution in [0.2, 0.25) is 5.82 Å². The molecular weight excluding hydrogens is 282 g/mol. The summed E-state index contributed by atoms with van der Waals surface area (Å²) >= 11 is 2.79. The van der Waals surface area contributed by atoms with Crippen molar-refractivity contribution in [3.63, 3.8) is 0 Å². The van der Waals surface area contributed by atoms with Crippen molar-refractivity contribution >= 4 is 29.9 Å². The van der Waals surface area contributed by atoms with Crippen molar-refractivity contribution in [2.75, 3.05) is 0 Å². The van der Waals surface area contributed by atoms with Gasteiger partial charge in [0.25, 0.3) is 0 Å². The van der Waals surface area contributed by atoms with Crippen molar-refractivity contribution in [2.24, 2.45) is 0 Å². The summed E-state index contributed by atoms with van der Waals surface area (Å²) in [7, 11) is 1.54. The van der Waals surface area contributed by atoms with Gasteiger partial charge in [-0.15, -0.1) is 0 Å². The fourth-order valence-corrected chi connectivity index (χ4v) is 4.68. The first kappa shape index (κ1) is 11.3. The standard InChI is InChI=1S/C12H22BI/c14-12(9-5-2-6-10-12)13-11-7-3-1-4-8-11/h11,13H,1-10H2. The summed E-state index contributed by atoms with van der Waals surface area (Å²) in [5, 5.41) is 0. The molecule has 2 aliphatic rings. The Morgan fingerprint density at radius 1 is 0.857 bits per heavy atom. The maximum atomic E-state index is 2.79. The minimum absolute atomic E-state index is 0.706. The topological polar surface area (TPSA) is 0 Å². The normalized spacial score (nSPS) is 28.6. The molecule has 2 heteroatoms. The number of alkyl halides is 1. The Labute approximate surface area is 103 Å². The van der Waals surface area contributed by atoms with E-state index in [-0.39, 0.29) is 0 Å². The van der Waals surface area contributed by atoms with Gasteiger partial charge in [-0.05, 0) is 16.2 Å². The second-order valence-electron chi connectivity index (χ2n) is 5.42. The number of hydrogen-bond acceptors (Lipinski definition) is 0. The SMILES string of the molecule is IC1(BC2CCCCC2)CCCCC1. The van der Waals surface area contributed by atoms with E-state index < -0.39 is 0 Å². The van der Waals surface area contributed by atoms with Gasteiger partial charge >= 0.3 is 0 Å². The van der Waals surface area contributed by atoms with E-state index in [4.69, 9.17) is 0 Å². The van der Waals surface area contributed by atoms with E-state index in [9.17, 15) is 0 Å². The van der Waals surface area contributed by atoms with Gasteiger partial charge in [-0.3, -0.25) is 0 Å². The molecule has 14 heavy (non-hydrogen) atoms. The van der Waals surface area contributed by atoms with Crippen molar-refractivity contribution in [2.45, 2.75) is 73.3 Å². The monoisotopic (exact) mass is 304 g/mol. The van der Waals surface area contributed by atoms with Crippen molar-refractivity contribution in [1.29, 1.82) is 0 Å². The van der Waals surface area contributed by atoms with Crippen LogP contribution < -0.4 is 0 Å². The fourth-order valence-electron chi connectivity index (χ4n) is 3.30. The highest BCUT2D eigenvalue weighted by Gasteiger charge is 2.33. The van der Waals surface area contributed by atoms with E-state index in [1.807, 2.05) is 0 Å². The summed E-state index contributed by atoms with van der Waals surface area (Å²) < 4.78 is 0.706. The van der Waals surface area contributed by atoms with Gasteiger partial charge in [0.1, 0.15) is 7.28 Å². The largest absolute Gasteiger partial charge is 0.144 e. The van der Waals surface area contributed by atoms with Crippen LogP contribution in [-0.2, 0) is 0 Å². The molecular formula is C12H22BI. The Balaban J connectivity index is 1.81. The third kappa shape index (κ3) is 3.14. The van der Waals surface area contributed by atoms with Crippen LogP contribution in [0.1, 0.15) is 64.2 Å². The molecule has 0 aromatic rings. The molecule has 0 aliphatic heterocycles. The molecule has 2 aliphatic carbocycles. The smallest absolute Gasteiger partial charge is 0.0883 e. The molecule has 0 N–H and O–H groups in total. The third-order valence-electron chi connectivity index (χ3n) is 4.13. The van der Waals surface area contributed by atoms with E-state index >= 15 is 0 Å². The molecule has 80 valence electrons. The summed E-state index contributed by atoms with van der Waals surface area (Å²) in [4.78, 5) is 0. The molecule has 0 aromatic carbocycles. The molecule has 0 spiro atoms. The molecule has 0 radical (unpaired) electrons.